The molecule has 3 nitrogen and oxygen atoms in total. The van der Waals surface area contributed by atoms with Crippen molar-refractivity contribution in [1.82, 2.24) is 4.90 Å². The smallest absolute Gasteiger partial charge is 0.0480 e. The average Bonchev–Trinajstić information content (AvgIpc) is 2.96. The number of likely N-dealkylation sites (tertiary alicyclic amines) is 1. The van der Waals surface area contributed by atoms with Crippen molar-refractivity contribution in [1.29, 1.82) is 0 Å². The van der Waals surface area contributed by atoms with E-state index in [0.717, 1.165) is 26.1 Å². The summed E-state index contributed by atoms with van der Waals surface area (Å²) < 4.78 is 5.23. The van der Waals surface area contributed by atoms with Crippen LogP contribution in [0.1, 0.15) is 31.2 Å². The third kappa shape index (κ3) is 3.35. The maximum atomic E-state index is 6.01. The molecule has 3 heteroatoms. The van der Waals surface area contributed by atoms with Crippen LogP contribution in [0.25, 0.3) is 0 Å². The lowest BCUT2D eigenvalue weighted by molar-refractivity contribution is 0.0868. The molecule has 19 heavy (non-hydrogen) atoms. The number of ether oxygens (including phenoxy) is 1. The second-order valence-corrected chi connectivity index (χ2v) is 5.79. The normalized spacial score (nSPS) is 23.4. The van der Waals surface area contributed by atoms with Crippen LogP contribution in [0.4, 0.5) is 0 Å². The van der Waals surface area contributed by atoms with Gasteiger partial charge in [0.15, 0.2) is 0 Å². The number of methoxy groups -OCH3 is 1. The SMILES string of the molecule is COCCC(C)(CN)N1CCC(c2ccccc2)C1. The summed E-state index contributed by atoms with van der Waals surface area (Å²) in [7, 11) is 1.76. The highest BCUT2D eigenvalue weighted by Gasteiger charge is 2.36. The molecule has 1 saturated heterocycles. The Morgan fingerprint density at radius 1 is 1.37 bits per heavy atom. The quantitative estimate of drug-likeness (QED) is 0.854. The second-order valence-electron chi connectivity index (χ2n) is 5.79. The zero-order chi connectivity index (χ0) is 13.7. The van der Waals surface area contributed by atoms with Gasteiger partial charge in [0.25, 0.3) is 0 Å². The summed E-state index contributed by atoms with van der Waals surface area (Å²) in [5.74, 6) is 0.648. The van der Waals surface area contributed by atoms with Crippen LogP contribution in [-0.4, -0.2) is 43.8 Å². The minimum absolute atomic E-state index is 0.0690. The van der Waals surface area contributed by atoms with Gasteiger partial charge in [-0.25, -0.2) is 0 Å². The summed E-state index contributed by atoms with van der Waals surface area (Å²) in [6, 6.07) is 10.8. The summed E-state index contributed by atoms with van der Waals surface area (Å²) in [5, 5.41) is 0. The summed E-state index contributed by atoms with van der Waals surface area (Å²) in [6.45, 7) is 5.98. The second kappa shape index (κ2) is 6.51. The van der Waals surface area contributed by atoms with Gasteiger partial charge in [0.2, 0.25) is 0 Å². The van der Waals surface area contributed by atoms with E-state index in [1.54, 1.807) is 7.11 Å². The minimum atomic E-state index is 0.0690. The van der Waals surface area contributed by atoms with Crippen molar-refractivity contribution in [2.24, 2.45) is 5.73 Å². The van der Waals surface area contributed by atoms with Gasteiger partial charge in [-0.05, 0) is 37.8 Å². The van der Waals surface area contributed by atoms with E-state index in [1.807, 2.05) is 0 Å². The molecule has 1 aliphatic heterocycles. The molecule has 0 bridgehead atoms. The van der Waals surface area contributed by atoms with E-state index in [1.165, 1.54) is 12.0 Å². The molecular formula is C16H26N2O. The number of nitrogens with two attached hydrogens (primary N) is 1. The van der Waals surface area contributed by atoms with Gasteiger partial charge in [0, 0.05) is 32.3 Å². The lowest BCUT2D eigenvalue weighted by Crippen LogP contribution is -2.51. The highest BCUT2D eigenvalue weighted by atomic mass is 16.5. The van der Waals surface area contributed by atoms with Crippen LogP contribution in [0.2, 0.25) is 0 Å². The van der Waals surface area contributed by atoms with Crippen molar-refractivity contribution in [2.45, 2.75) is 31.2 Å². The first-order valence-corrected chi connectivity index (χ1v) is 7.18. The Balaban J connectivity index is 2.00. The molecule has 0 amide bonds. The molecule has 1 aromatic rings. The van der Waals surface area contributed by atoms with Crippen LogP contribution in [0.5, 0.6) is 0 Å². The zero-order valence-corrected chi connectivity index (χ0v) is 12.1. The number of hydrogen-bond donors (Lipinski definition) is 1. The van der Waals surface area contributed by atoms with Gasteiger partial charge < -0.3 is 10.5 Å². The fourth-order valence-electron chi connectivity index (χ4n) is 2.96. The average molecular weight is 262 g/mol. The fraction of sp³-hybridized carbons (Fsp3) is 0.625. The summed E-state index contributed by atoms with van der Waals surface area (Å²) >= 11 is 0. The van der Waals surface area contributed by atoms with Crippen LogP contribution in [0, 0.1) is 0 Å². The Morgan fingerprint density at radius 3 is 2.74 bits per heavy atom. The van der Waals surface area contributed by atoms with Crippen molar-refractivity contribution in [3.05, 3.63) is 35.9 Å². The van der Waals surface area contributed by atoms with E-state index in [-0.39, 0.29) is 5.54 Å². The summed E-state index contributed by atoms with van der Waals surface area (Å²) in [6.07, 6.45) is 2.23. The van der Waals surface area contributed by atoms with E-state index in [2.05, 4.69) is 42.2 Å². The first-order chi connectivity index (χ1) is 9.19. The highest BCUT2D eigenvalue weighted by Crippen LogP contribution is 2.32. The number of hydrogen-bond acceptors (Lipinski definition) is 3. The molecule has 1 aliphatic rings. The van der Waals surface area contributed by atoms with Crippen LogP contribution in [-0.2, 0) is 4.74 Å². The summed E-state index contributed by atoms with van der Waals surface area (Å²) in [4.78, 5) is 2.55. The molecule has 0 aliphatic carbocycles. The Bertz CT molecular complexity index is 382. The zero-order valence-electron chi connectivity index (χ0n) is 12.1. The maximum absolute atomic E-state index is 6.01. The minimum Gasteiger partial charge on any atom is -0.385 e. The standard InChI is InChI=1S/C16H26N2O/c1-16(13-17,9-11-19-2)18-10-8-15(12-18)14-6-4-3-5-7-14/h3-7,15H,8-13,17H2,1-2H3. The van der Waals surface area contributed by atoms with Crippen molar-refractivity contribution >= 4 is 0 Å². The molecule has 1 heterocycles. The molecule has 0 radical (unpaired) electrons. The first-order valence-electron chi connectivity index (χ1n) is 7.18. The highest BCUT2D eigenvalue weighted by molar-refractivity contribution is 5.21. The van der Waals surface area contributed by atoms with Gasteiger partial charge in [-0.2, -0.15) is 0 Å². The van der Waals surface area contributed by atoms with Crippen LogP contribution in [0.15, 0.2) is 30.3 Å². The van der Waals surface area contributed by atoms with Crippen molar-refractivity contribution in [3.8, 4) is 0 Å². The summed E-state index contributed by atoms with van der Waals surface area (Å²) in [5.41, 5.74) is 7.54. The van der Waals surface area contributed by atoms with E-state index in [4.69, 9.17) is 10.5 Å². The monoisotopic (exact) mass is 262 g/mol. The lowest BCUT2D eigenvalue weighted by Gasteiger charge is -2.38. The van der Waals surface area contributed by atoms with Gasteiger partial charge in [-0.15, -0.1) is 0 Å². The molecule has 2 atom stereocenters. The van der Waals surface area contributed by atoms with Crippen LogP contribution >= 0.6 is 0 Å². The molecular weight excluding hydrogens is 236 g/mol. The molecule has 0 aromatic heterocycles. The Labute approximate surface area is 116 Å². The van der Waals surface area contributed by atoms with E-state index < -0.39 is 0 Å². The van der Waals surface area contributed by atoms with Crippen molar-refractivity contribution < 1.29 is 4.74 Å². The van der Waals surface area contributed by atoms with Crippen molar-refractivity contribution in [3.63, 3.8) is 0 Å². The molecule has 1 aromatic carbocycles. The first kappa shape index (κ1) is 14.5. The molecule has 0 saturated carbocycles. The number of nitrogens with zero attached hydrogens (tertiary/aromatic N) is 1. The number of benzene rings is 1. The number of rotatable bonds is 6. The lowest BCUT2D eigenvalue weighted by atomic mass is 9.95. The predicted octanol–water partition coefficient (Wildman–Crippen LogP) is 2.23. The molecule has 1 fully saturated rings. The Kier molecular flexibility index (Phi) is 4.97. The van der Waals surface area contributed by atoms with E-state index in [0.29, 0.717) is 12.5 Å². The molecule has 2 unspecified atom stereocenters. The Morgan fingerprint density at radius 2 is 2.11 bits per heavy atom. The van der Waals surface area contributed by atoms with Crippen LogP contribution in [0.3, 0.4) is 0 Å². The van der Waals surface area contributed by atoms with Gasteiger partial charge in [0.1, 0.15) is 0 Å². The molecule has 2 rings (SSSR count). The fourth-order valence-corrected chi connectivity index (χ4v) is 2.96. The molecule has 106 valence electrons. The van der Waals surface area contributed by atoms with Crippen molar-refractivity contribution in [2.75, 3.05) is 33.4 Å². The largest absolute Gasteiger partial charge is 0.385 e. The molecule has 2 N–H and O–H groups in total. The van der Waals surface area contributed by atoms with E-state index in [9.17, 15) is 0 Å². The van der Waals surface area contributed by atoms with Gasteiger partial charge in [-0.3, -0.25) is 4.90 Å². The van der Waals surface area contributed by atoms with Gasteiger partial charge >= 0.3 is 0 Å². The maximum Gasteiger partial charge on any atom is 0.0480 e. The Hall–Kier alpha value is -0.900. The van der Waals surface area contributed by atoms with Gasteiger partial charge in [0.05, 0.1) is 0 Å². The third-order valence-electron chi connectivity index (χ3n) is 4.51. The van der Waals surface area contributed by atoms with Crippen LogP contribution < -0.4 is 5.73 Å². The third-order valence-corrected chi connectivity index (χ3v) is 4.51. The van der Waals surface area contributed by atoms with E-state index >= 15 is 0 Å². The van der Waals surface area contributed by atoms with Gasteiger partial charge in [-0.1, -0.05) is 30.3 Å². The molecule has 0 spiro atoms. The predicted molar refractivity (Wildman–Crippen MR) is 79.3 cm³/mol. The topological polar surface area (TPSA) is 38.5 Å².